The second-order valence-electron chi connectivity index (χ2n) is 9.28. The highest BCUT2D eigenvalue weighted by molar-refractivity contribution is 6.02. The lowest BCUT2D eigenvalue weighted by atomic mass is 9.38. The van der Waals surface area contributed by atoms with Gasteiger partial charge in [-0.2, -0.15) is 18.3 Å². The Bertz CT molecular complexity index is 1240. The van der Waals surface area contributed by atoms with Crippen LogP contribution in [0.4, 0.5) is 13.2 Å². The molecule has 3 saturated carbocycles. The molecule has 0 saturated heterocycles. The molecule has 3 aliphatic rings. The van der Waals surface area contributed by atoms with Crippen molar-refractivity contribution in [3.63, 3.8) is 0 Å². The van der Waals surface area contributed by atoms with Gasteiger partial charge < -0.3 is 10.1 Å². The predicted octanol–water partition coefficient (Wildman–Crippen LogP) is 4.16. The van der Waals surface area contributed by atoms with Gasteiger partial charge in [0.2, 0.25) is 0 Å². The maximum Gasteiger partial charge on any atom is 0.416 e. The van der Waals surface area contributed by atoms with Crippen molar-refractivity contribution < 1.29 is 27.5 Å². The number of carbonyl (C=O) groups is 2. The van der Waals surface area contributed by atoms with Gasteiger partial charge in [-0.15, -0.1) is 0 Å². The Morgan fingerprint density at radius 2 is 1.94 bits per heavy atom. The van der Waals surface area contributed by atoms with Crippen LogP contribution in [0.15, 0.2) is 48.8 Å². The van der Waals surface area contributed by atoms with Crippen LogP contribution in [-0.4, -0.2) is 34.1 Å². The van der Waals surface area contributed by atoms with Gasteiger partial charge in [-0.3, -0.25) is 9.59 Å². The number of hydrogen-bond acceptors (Lipinski definition) is 4. The van der Waals surface area contributed by atoms with Gasteiger partial charge >= 0.3 is 12.1 Å². The van der Waals surface area contributed by atoms with Crippen molar-refractivity contribution >= 4 is 17.4 Å². The number of halogens is 3. The highest BCUT2D eigenvalue weighted by Crippen LogP contribution is 2.69. The zero-order chi connectivity index (χ0) is 23.4. The van der Waals surface area contributed by atoms with Gasteiger partial charge in [0.1, 0.15) is 0 Å². The molecule has 3 aromatic rings. The molecule has 33 heavy (non-hydrogen) atoms. The zero-order valence-electron chi connectivity index (χ0n) is 17.9. The summed E-state index contributed by atoms with van der Waals surface area (Å²) >= 11 is 0. The second kappa shape index (κ2) is 7.33. The van der Waals surface area contributed by atoms with E-state index in [4.69, 9.17) is 4.74 Å². The highest BCUT2D eigenvalue weighted by atomic mass is 19.4. The number of nitrogens with one attached hydrogen (secondary N) is 1. The Labute approximate surface area is 187 Å². The van der Waals surface area contributed by atoms with E-state index < -0.39 is 11.7 Å². The molecule has 6 rings (SSSR count). The number of rotatable bonds is 6. The van der Waals surface area contributed by atoms with Crippen molar-refractivity contribution in [3.05, 3.63) is 71.0 Å². The van der Waals surface area contributed by atoms with Crippen molar-refractivity contribution in [2.24, 2.45) is 5.41 Å². The molecule has 2 heterocycles. The number of fused-ring (bicyclic) bond motifs is 1. The van der Waals surface area contributed by atoms with Gasteiger partial charge in [0.25, 0.3) is 5.91 Å². The Morgan fingerprint density at radius 1 is 1.18 bits per heavy atom. The Morgan fingerprint density at radius 3 is 2.64 bits per heavy atom. The SMILES string of the molecule is COC(=O)CC12CC(NC(=O)c3cnn4cccc(Cc5cccc(C(F)(F)F)c5)c34)(C1)C2. The molecule has 1 aromatic carbocycles. The summed E-state index contributed by atoms with van der Waals surface area (Å²) in [6, 6.07) is 8.73. The molecule has 0 atom stereocenters. The third-order valence-electron chi connectivity index (χ3n) is 6.78. The van der Waals surface area contributed by atoms with Crippen molar-refractivity contribution in [1.29, 1.82) is 0 Å². The first kappa shape index (κ1) is 21.5. The maximum atomic E-state index is 13.1. The molecule has 1 N–H and O–H groups in total. The third kappa shape index (κ3) is 3.75. The number of esters is 1. The van der Waals surface area contributed by atoms with Gasteiger partial charge in [-0.05, 0) is 54.4 Å². The summed E-state index contributed by atoms with van der Waals surface area (Å²) in [4.78, 5) is 24.7. The van der Waals surface area contributed by atoms with Crippen LogP contribution in [0.3, 0.4) is 0 Å². The van der Waals surface area contributed by atoms with Crippen molar-refractivity contribution in [2.75, 3.05) is 7.11 Å². The van der Waals surface area contributed by atoms with Crippen LogP contribution < -0.4 is 5.32 Å². The summed E-state index contributed by atoms with van der Waals surface area (Å²) in [5.41, 5.74) is 1.07. The predicted molar refractivity (Wildman–Crippen MR) is 113 cm³/mol. The minimum absolute atomic E-state index is 0.0733. The average molecular weight is 457 g/mol. The maximum absolute atomic E-state index is 13.1. The fraction of sp³-hybridized carbons (Fsp3) is 0.375. The molecular weight excluding hydrogens is 435 g/mol. The number of benzene rings is 1. The van der Waals surface area contributed by atoms with Crippen molar-refractivity contribution in [1.82, 2.24) is 14.9 Å². The Kier molecular flexibility index (Phi) is 4.77. The zero-order valence-corrected chi connectivity index (χ0v) is 17.9. The number of aromatic nitrogens is 2. The number of carbonyl (C=O) groups excluding carboxylic acids is 2. The minimum Gasteiger partial charge on any atom is -0.469 e. The summed E-state index contributed by atoms with van der Waals surface area (Å²) in [5.74, 6) is -0.510. The molecule has 0 unspecified atom stereocenters. The topological polar surface area (TPSA) is 72.7 Å². The van der Waals surface area contributed by atoms with Crippen LogP contribution >= 0.6 is 0 Å². The molecule has 1 amide bonds. The highest BCUT2D eigenvalue weighted by Gasteiger charge is 2.68. The summed E-state index contributed by atoms with van der Waals surface area (Å²) in [6.07, 6.45) is 1.56. The van der Waals surface area contributed by atoms with E-state index in [1.54, 1.807) is 28.9 Å². The number of alkyl halides is 3. The Hall–Kier alpha value is -3.36. The molecule has 172 valence electrons. The summed E-state index contributed by atoms with van der Waals surface area (Å²) in [6.45, 7) is 0. The lowest BCUT2D eigenvalue weighted by Crippen LogP contribution is -2.75. The molecule has 3 fully saturated rings. The van der Waals surface area contributed by atoms with E-state index in [0.29, 0.717) is 28.6 Å². The van der Waals surface area contributed by atoms with Crippen molar-refractivity contribution in [3.8, 4) is 0 Å². The summed E-state index contributed by atoms with van der Waals surface area (Å²) in [7, 11) is 1.37. The fourth-order valence-electron chi connectivity index (χ4n) is 5.51. The molecule has 2 bridgehead atoms. The molecule has 0 spiro atoms. The van der Waals surface area contributed by atoms with Gasteiger partial charge in [-0.1, -0.05) is 24.3 Å². The lowest BCUT2D eigenvalue weighted by molar-refractivity contribution is -0.175. The van der Waals surface area contributed by atoms with Crippen LogP contribution in [0.1, 0.15) is 52.7 Å². The molecule has 3 aliphatic carbocycles. The third-order valence-corrected chi connectivity index (χ3v) is 6.78. The molecular formula is C24H22F3N3O3. The van der Waals surface area contributed by atoms with E-state index in [-0.39, 0.29) is 29.3 Å². The number of amides is 1. The van der Waals surface area contributed by atoms with E-state index in [1.165, 1.54) is 19.4 Å². The van der Waals surface area contributed by atoms with Crippen LogP contribution in [0.5, 0.6) is 0 Å². The molecule has 0 aliphatic heterocycles. The smallest absolute Gasteiger partial charge is 0.416 e. The molecule has 2 aromatic heterocycles. The van der Waals surface area contributed by atoms with E-state index in [9.17, 15) is 22.8 Å². The van der Waals surface area contributed by atoms with Crippen LogP contribution in [0.25, 0.3) is 5.52 Å². The summed E-state index contributed by atoms with van der Waals surface area (Å²) < 4.78 is 45.6. The lowest BCUT2D eigenvalue weighted by Gasteiger charge is -2.70. The number of methoxy groups -OCH3 is 1. The van der Waals surface area contributed by atoms with E-state index in [0.717, 1.165) is 31.4 Å². The first-order valence-corrected chi connectivity index (χ1v) is 10.6. The summed E-state index contributed by atoms with van der Waals surface area (Å²) in [5, 5.41) is 7.36. The minimum atomic E-state index is -4.42. The van der Waals surface area contributed by atoms with E-state index >= 15 is 0 Å². The molecule has 0 radical (unpaired) electrons. The molecule has 9 heteroatoms. The van der Waals surface area contributed by atoms with E-state index in [2.05, 4.69) is 10.4 Å². The second-order valence-corrected chi connectivity index (χ2v) is 9.28. The van der Waals surface area contributed by atoms with Gasteiger partial charge in [0.15, 0.2) is 0 Å². The van der Waals surface area contributed by atoms with Gasteiger partial charge in [0, 0.05) is 11.7 Å². The standard InChI is InChI=1S/C24H22F3N3O3/c1-33-19(31)10-22-12-23(13-22,14-22)29-21(32)18-11-28-30-7-3-5-16(20(18)30)8-15-4-2-6-17(9-15)24(25,26)27/h2-7,9,11H,8,10,12-14H2,1H3,(H,29,32). The van der Waals surface area contributed by atoms with Crippen LogP contribution in [-0.2, 0) is 22.1 Å². The number of ether oxygens (including phenoxy) is 1. The van der Waals surface area contributed by atoms with Gasteiger partial charge in [-0.25, -0.2) is 4.52 Å². The largest absolute Gasteiger partial charge is 0.469 e. The van der Waals surface area contributed by atoms with Gasteiger partial charge in [0.05, 0.1) is 36.4 Å². The Balaban J connectivity index is 1.36. The number of nitrogens with zero attached hydrogens (tertiary/aromatic N) is 2. The first-order chi connectivity index (χ1) is 15.6. The average Bonchev–Trinajstić information content (AvgIpc) is 3.16. The fourth-order valence-corrected chi connectivity index (χ4v) is 5.51. The first-order valence-electron chi connectivity index (χ1n) is 10.6. The van der Waals surface area contributed by atoms with E-state index in [1.807, 2.05) is 0 Å². The molecule has 6 nitrogen and oxygen atoms in total. The quantitative estimate of drug-likeness (QED) is 0.565. The van der Waals surface area contributed by atoms with Crippen molar-refractivity contribution in [2.45, 2.75) is 43.8 Å². The van der Waals surface area contributed by atoms with Crippen LogP contribution in [0, 0.1) is 5.41 Å². The normalized spacial score (nSPS) is 23.5. The number of hydrogen-bond donors (Lipinski definition) is 1. The van der Waals surface area contributed by atoms with Crippen LogP contribution in [0.2, 0.25) is 0 Å². The monoisotopic (exact) mass is 457 g/mol. The number of pyridine rings is 1.